The van der Waals surface area contributed by atoms with Crippen molar-refractivity contribution in [2.75, 3.05) is 0 Å². The number of hydrogen-bond acceptors (Lipinski definition) is 6. The lowest BCUT2D eigenvalue weighted by Crippen LogP contribution is -2.03. The van der Waals surface area contributed by atoms with Gasteiger partial charge in [-0.15, -0.1) is 0 Å². The first-order valence-electron chi connectivity index (χ1n) is 17.5. The van der Waals surface area contributed by atoms with Crippen molar-refractivity contribution in [2.24, 2.45) is 0 Å². The molecule has 0 aliphatic carbocycles. The minimum absolute atomic E-state index is 0.466. The Kier molecular flexibility index (Phi) is 7.36. The van der Waals surface area contributed by atoms with Gasteiger partial charge in [0.1, 0.15) is 16.9 Å². The molecule has 3 aromatic heterocycles. The third-order valence-electron chi connectivity index (χ3n) is 9.58. The number of rotatable bonds is 6. The standard InChI is InChI=1S/C47H29N5O/c1-3-14-32(15-4-1)44-48-39(37-22-11-18-30-13-7-8-19-35(30)37)29-40(49-44)47-51-45(33-16-5-2-6-17-33)50-46(52-47)34-27-25-31(26-28-34)36-21-12-24-42-43(36)38-20-9-10-23-41(38)53-42/h1-29H. The van der Waals surface area contributed by atoms with Gasteiger partial charge >= 0.3 is 0 Å². The molecule has 53 heavy (non-hydrogen) atoms. The van der Waals surface area contributed by atoms with Crippen LogP contribution in [0.25, 0.3) is 101 Å². The minimum atomic E-state index is 0.466. The number of furan rings is 1. The number of para-hydroxylation sites is 1. The maximum absolute atomic E-state index is 6.17. The molecule has 0 bridgehead atoms. The van der Waals surface area contributed by atoms with Gasteiger partial charge in [0.2, 0.25) is 0 Å². The number of fused-ring (bicyclic) bond motifs is 4. The van der Waals surface area contributed by atoms with Gasteiger partial charge in [-0.25, -0.2) is 24.9 Å². The zero-order valence-electron chi connectivity index (χ0n) is 28.4. The third-order valence-corrected chi connectivity index (χ3v) is 9.58. The number of hydrogen-bond donors (Lipinski definition) is 0. The molecular formula is C47H29N5O. The average molecular weight is 680 g/mol. The van der Waals surface area contributed by atoms with E-state index in [-0.39, 0.29) is 0 Å². The second-order valence-electron chi connectivity index (χ2n) is 12.9. The van der Waals surface area contributed by atoms with Crippen LogP contribution in [0, 0.1) is 0 Å². The molecule has 0 radical (unpaired) electrons. The first kappa shape index (κ1) is 30.5. The van der Waals surface area contributed by atoms with Crippen LogP contribution in [0.2, 0.25) is 0 Å². The molecule has 0 fully saturated rings. The lowest BCUT2D eigenvalue weighted by atomic mass is 9.98. The van der Waals surface area contributed by atoms with Crippen LogP contribution in [-0.4, -0.2) is 24.9 Å². The zero-order valence-corrected chi connectivity index (χ0v) is 28.4. The Hall–Kier alpha value is -7.31. The minimum Gasteiger partial charge on any atom is -0.456 e. The van der Waals surface area contributed by atoms with E-state index in [9.17, 15) is 0 Å². The van der Waals surface area contributed by atoms with E-state index in [1.165, 1.54) is 0 Å². The summed E-state index contributed by atoms with van der Waals surface area (Å²) >= 11 is 0. The van der Waals surface area contributed by atoms with Gasteiger partial charge in [-0.05, 0) is 40.1 Å². The van der Waals surface area contributed by atoms with Crippen molar-refractivity contribution in [3.63, 3.8) is 0 Å². The second kappa shape index (κ2) is 12.8. The first-order valence-corrected chi connectivity index (χ1v) is 17.5. The van der Waals surface area contributed by atoms with E-state index in [0.717, 1.165) is 71.8 Å². The van der Waals surface area contributed by atoms with Crippen molar-refractivity contribution in [2.45, 2.75) is 0 Å². The summed E-state index contributed by atoms with van der Waals surface area (Å²) in [7, 11) is 0. The van der Waals surface area contributed by atoms with Gasteiger partial charge in [0, 0.05) is 33.0 Å². The van der Waals surface area contributed by atoms with Crippen LogP contribution in [0.4, 0.5) is 0 Å². The quantitative estimate of drug-likeness (QED) is 0.174. The molecule has 0 atom stereocenters. The van der Waals surface area contributed by atoms with Crippen molar-refractivity contribution in [3.05, 3.63) is 176 Å². The number of benzene rings is 7. The summed E-state index contributed by atoms with van der Waals surface area (Å²) in [5.74, 6) is 2.18. The summed E-state index contributed by atoms with van der Waals surface area (Å²) in [5.41, 5.74) is 9.00. The molecule has 248 valence electrons. The van der Waals surface area contributed by atoms with Gasteiger partial charge in [0.25, 0.3) is 0 Å². The van der Waals surface area contributed by atoms with Crippen LogP contribution >= 0.6 is 0 Å². The Balaban J connectivity index is 1.14. The largest absolute Gasteiger partial charge is 0.456 e. The summed E-state index contributed by atoms with van der Waals surface area (Å²) in [6.07, 6.45) is 0. The first-order chi connectivity index (χ1) is 26.2. The van der Waals surface area contributed by atoms with Crippen molar-refractivity contribution in [3.8, 4) is 68.1 Å². The Morgan fingerprint density at radius 1 is 0.321 bits per heavy atom. The van der Waals surface area contributed by atoms with Crippen LogP contribution in [-0.2, 0) is 0 Å². The van der Waals surface area contributed by atoms with E-state index in [1.807, 2.05) is 97.1 Å². The van der Waals surface area contributed by atoms with Crippen molar-refractivity contribution >= 4 is 32.7 Å². The molecule has 6 nitrogen and oxygen atoms in total. The van der Waals surface area contributed by atoms with Gasteiger partial charge < -0.3 is 4.42 Å². The predicted molar refractivity (Wildman–Crippen MR) is 213 cm³/mol. The van der Waals surface area contributed by atoms with E-state index in [0.29, 0.717) is 29.0 Å². The molecule has 0 unspecified atom stereocenters. The third kappa shape index (κ3) is 5.59. The van der Waals surface area contributed by atoms with Gasteiger partial charge in [0.15, 0.2) is 23.3 Å². The molecule has 0 spiro atoms. The Morgan fingerprint density at radius 2 is 0.830 bits per heavy atom. The molecule has 0 N–H and O–H groups in total. The van der Waals surface area contributed by atoms with E-state index in [4.69, 9.17) is 29.3 Å². The van der Waals surface area contributed by atoms with Gasteiger partial charge in [0.05, 0.1) is 5.69 Å². The van der Waals surface area contributed by atoms with Crippen LogP contribution in [0.15, 0.2) is 180 Å². The topological polar surface area (TPSA) is 77.6 Å². The zero-order chi connectivity index (χ0) is 35.1. The van der Waals surface area contributed by atoms with E-state index in [2.05, 4.69) is 78.9 Å². The Labute approximate surface area is 305 Å². The lowest BCUT2D eigenvalue weighted by Gasteiger charge is -2.12. The van der Waals surface area contributed by atoms with Crippen molar-refractivity contribution in [1.29, 1.82) is 0 Å². The van der Waals surface area contributed by atoms with Crippen LogP contribution < -0.4 is 0 Å². The van der Waals surface area contributed by atoms with Gasteiger partial charge in [-0.1, -0.05) is 158 Å². The molecule has 10 rings (SSSR count). The smallest absolute Gasteiger partial charge is 0.182 e. The Morgan fingerprint density at radius 3 is 1.58 bits per heavy atom. The maximum atomic E-state index is 6.17. The molecule has 3 heterocycles. The van der Waals surface area contributed by atoms with Crippen molar-refractivity contribution in [1.82, 2.24) is 24.9 Å². The molecule has 10 aromatic rings. The molecule has 0 aliphatic heterocycles. The van der Waals surface area contributed by atoms with Crippen LogP contribution in [0.1, 0.15) is 0 Å². The summed E-state index contributed by atoms with van der Waals surface area (Å²) in [6.45, 7) is 0. The summed E-state index contributed by atoms with van der Waals surface area (Å²) in [4.78, 5) is 25.3. The summed E-state index contributed by atoms with van der Waals surface area (Å²) in [5, 5.41) is 4.45. The Bertz CT molecular complexity index is 2930. The molecule has 0 saturated carbocycles. The average Bonchev–Trinajstić information content (AvgIpc) is 3.63. The highest BCUT2D eigenvalue weighted by Crippen LogP contribution is 2.37. The van der Waals surface area contributed by atoms with Crippen LogP contribution in [0.5, 0.6) is 0 Å². The van der Waals surface area contributed by atoms with Gasteiger partial charge in [-0.2, -0.15) is 0 Å². The molecule has 0 aliphatic rings. The fourth-order valence-electron chi connectivity index (χ4n) is 7.01. The lowest BCUT2D eigenvalue weighted by molar-refractivity contribution is 0.669. The van der Waals surface area contributed by atoms with Crippen molar-refractivity contribution < 1.29 is 4.42 Å². The highest BCUT2D eigenvalue weighted by Gasteiger charge is 2.18. The number of nitrogens with zero attached hydrogens (tertiary/aromatic N) is 5. The molecule has 7 aromatic carbocycles. The summed E-state index contributed by atoms with van der Waals surface area (Å²) in [6, 6.07) is 59.4. The van der Waals surface area contributed by atoms with Crippen LogP contribution in [0.3, 0.4) is 0 Å². The fraction of sp³-hybridized carbons (Fsp3) is 0. The van der Waals surface area contributed by atoms with E-state index >= 15 is 0 Å². The predicted octanol–water partition coefficient (Wildman–Crippen LogP) is 11.7. The monoisotopic (exact) mass is 679 g/mol. The second-order valence-corrected chi connectivity index (χ2v) is 12.9. The normalized spacial score (nSPS) is 11.4. The SMILES string of the molecule is c1ccc(-c2nc(-c3nc(-c4ccccc4)nc(-c4ccc(-c5cccc6oc7ccccc7c56)cc4)n3)cc(-c3cccc4ccccc34)n2)cc1. The van der Waals surface area contributed by atoms with E-state index < -0.39 is 0 Å². The molecular weight excluding hydrogens is 651 g/mol. The molecule has 6 heteroatoms. The highest BCUT2D eigenvalue weighted by atomic mass is 16.3. The number of aromatic nitrogens is 5. The van der Waals surface area contributed by atoms with E-state index in [1.54, 1.807) is 0 Å². The molecule has 0 saturated heterocycles. The molecule has 0 amide bonds. The van der Waals surface area contributed by atoms with Gasteiger partial charge in [-0.3, -0.25) is 0 Å². The maximum Gasteiger partial charge on any atom is 0.182 e. The fourth-order valence-corrected chi connectivity index (χ4v) is 7.01. The highest BCUT2D eigenvalue weighted by molar-refractivity contribution is 6.12. The summed E-state index contributed by atoms with van der Waals surface area (Å²) < 4.78 is 6.17.